The molecule has 0 saturated heterocycles. The van der Waals surface area contributed by atoms with Gasteiger partial charge in [0.1, 0.15) is 4.90 Å². The van der Waals surface area contributed by atoms with Crippen LogP contribution in [0.25, 0.3) is 0 Å². The highest BCUT2D eigenvalue weighted by molar-refractivity contribution is 8.13. The van der Waals surface area contributed by atoms with Crippen LogP contribution < -0.4 is 0 Å². The fourth-order valence-electron chi connectivity index (χ4n) is 1.04. The summed E-state index contributed by atoms with van der Waals surface area (Å²) in [6, 6.07) is 0. The van der Waals surface area contributed by atoms with Gasteiger partial charge in [-0.2, -0.15) is 5.10 Å². The number of nitrogens with zero attached hydrogens (tertiary/aromatic N) is 2. The van der Waals surface area contributed by atoms with E-state index in [0.29, 0.717) is 6.54 Å². The lowest BCUT2D eigenvalue weighted by atomic mass is 9.92. The SMILES string of the molecule is CC(C)(C)CCn1cc(S(=O)(=O)Cl)cn1. The van der Waals surface area contributed by atoms with Crippen molar-refractivity contribution < 1.29 is 8.42 Å². The van der Waals surface area contributed by atoms with Crippen molar-refractivity contribution in [2.45, 2.75) is 38.6 Å². The van der Waals surface area contributed by atoms with Gasteiger partial charge in [0.15, 0.2) is 0 Å². The number of hydrogen-bond donors (Lipinski definition) is 0. The molecule has 0 fully saturated rings. The Labute approximate surface area is 94.7 Å². The van der Waals surface area contributed by atoms with Crippen molar-refractivity contribution in [2.24, 2.45) is 5.41 Å². The summed E-state index contributed by atoms with van der Waals surface area (Å²) in [7, 11) is 1.53. The summed E-state index contributed by atoms with van der Waals surface area (Å²) in [6.07, 6.45) is 3.65. The summed E-state index contributed by atoms with van der Waals surface area (Å²) in [6.45, 7) is 7.05. The van der Waals surface area contributed by atoms with Gasteiger partial charge in [0.25, 0.3) is 9.05 Å². The van der Waals surface area contributed by atoms with Crippen molar-refractivity contribution in [2.75, 3.05) is 0 Å². The number of halogens is 1. The molecular weight excluding hydrogens is 236 g/mol. The molecule has 1 aromatic rings. The molecule has 15 heavy (non-hydrogen) atoms. The van der Waals surface area contributed by atoms with Crippen LogP contribution in [0.5, 0.6) is 0 Å². The van der Waals surface area contributed by atoms with E-state index < -0.39 is 9.05 Å². The lowest BCUT2D eigenvalue weighted by molar-refractivity contribution is 0.341. The molecule has 0 saturated carbocycles. The van der Waals surface area contributed by atoms with E-state index in [1.807, 2.05) is 0 Å². The number of hydrogen-bond acceptors (Lipinski definition) is 3. The van der Waals surface area contributed by atoms with Gasteiger partial charge < -0.3 is 0 Å². The normalized spacial score (nSPS) is 13.1. The molecule has 0 amide bonds. The molecular formula is C9H15ClN2O2S. The fourth-order valence-corrected chi connectivity index (χ4v) is 1.70. The molecule has 0 N–H and O–H groups in total. The first-order valence-electron chi connectivity index (χ1n) is 4.66. The second-order valence-electron chi connectivity index (χ2n) is 4.69. The maximum atomic E-state index is 11.0. The summed E-state index contributed by atoms with van der Waals surface area (Å²) < 4.78 is 23.5. The number of aryl methyl sites for hydroxylation is 1. The van der Waals surface area contributed by atoms with E-state index >= 15 is 0 Å². The number of rotatable bonds is 3. The third kappa shape index (κ3) is 4.22. The van der Waals surface area contributed by atoms with Crippen LogP contribution in [-0.2, 0) is 15.6 Å². The molecule has 86 valence electrons. The summed E-state index contributed by atoms with van der Waals surface area (Å²) >= 11 is 0. The molecule has 1 heterocycles. The molecule has 1 rings (SSSR count). The van der Waals surface area contributed by atoms with Gasteiger partial charge in [-0.3, -0.25) is 4.68 Å². The molecule has 0 spiro atoms. The Morgan fingerprint density at radius 2 is 2.07 bits per heavy atom. The molecule has 0 radical (unpaired) electrons. The van der Waals surface area contributed by atoms with Crippen molar-refractivity contribution >= 4 is 19.7 Å². The Bertz CT molecular complexity index is 431. The zero-order chi connectivity index (χ0) is 11.7. The highest BCUT2D eigenvalue weighted by Gasteiger charge is 2.14. The topological polar surface area (TPSA) is 52.0 Å². The van der Waals surface area contributed by atoms with E-state index in [-0.39, 0.29) is 10.3 Å². The zero-order valence-corrected chi connectivity index (χ0v) is 10.6. The molecule has 1 aromatic heterocycles. The van der Waals surface area contributed by atoms with Crippen LogP contribution in [0.15, 0.2) is 17.3 Å². The number of aromatic nitrogens is 2. The Kier molecular flexibility index (Phi) is 3.45. The predicted octanol–water partition coefficient (Wildman–Crippen LogP) is 2.25. The summed E-state index contributed by atoms with van der Waals surface area (Å²) in [4.78, 5) is 0.0538. The maximum Gasteiger partial charge on any atom is 0.264 e. The van der Waals surface area contributed by atoms with Crippen molar-refractivity contribution in [1.82, 2.24) is 9.78 Å². The first-order valence-corrected chi connectivity index (χ1v) is 6.96. The van der Waals surface area contributed by atoms with Crippen LogP contribution in [0, 0.1) is 5.41 Å². The van der Waals surface area contributed by atoms with Crippen molar-refractivity contribution in [3.8, 4) is 0 Å². The van der Waals surface area contributed by atoms with Crippen molar-refractivity contribution in [1.29, 1.82) is 0 Å². The van der Waals surface area contributed by atoms with E-state index in [9.17, 15) is 8.42 Å². The van der Waals surface area contributed by atoms with Crippen molar-refractivity contribution in [3.63, 3.8) is 0 Å². The molecule has 0 atom stereocenters. The van der Waals surface area contributed by atoms with E-state index in [1.165, 1.54) is 12.4 Å². The Morgan fingerprint density at radius 3 is 2.47 bits per heavy atom. The smallest absolute Gasteiger partial charge is 0.264 e. The van der Waals surface area contributed by atoms with Gasteiger partial charge >= 0.3 is 0 Å². The molecule has 0 bridgehead atoms. The van der Waals surface area contributed by atoms with E-state index in [4.69, 9.17) is 10.7 Å². The van der Waals surface area contributed by atoms with Crippen LogP contribution in [-0.4, -0.2) is 18.2 Å². The monoisotopic (exact) mass is 250 g/mol. The predicted molar refractivity (Wildman–Crippen MR) is 59.3 cm³/mol. The molecule has 4 nitrogen and oxygen atoms in total. The third-order valence-electron chi connectivity index (χ3n) is 1.98. The van der Waals surface area contributed by atoms with Crippen LogP contribution in [0.2, 0.25) is 0 Å². The van der Waals surface area contributed by atoms with Crippen LogP contribution in [0.4, 0.5) is 0 Å². The largest absolute Gasteiger partial charge is 0.271 e. The van der Waals surface area contributed by atoms with E-state index in [0.717, 1.165) is 6.42 Å². The molecule has 0 unspecified atom stereocenters. The van der Waals surface area contributed by atoms with E-state index in [2.05, 4.69) is 25.9 Å². The standard InChI is InChI=1S/C9H15ClN2O2S/c1-9(2,3)4-5-12-7-8(6-11-12)15(10,13)14/h6-7H,4-5H2,1-3H3. The molecule has 0 aliphatic carbocycles. The minimum Gasteiger partial charge on any atom is -0.271 e. The van der Waals surface area contributed by atoms with Gasteiger partial charge in [-0.1, -0.05) is 20.8 Å². The Morgan fingerprint density at radius 1 is 1.47 bits per heavy atom. The van der Waals surface area contributed by atoms with Gasteiger partial charge in [0.05, 0.1) is 6.20 Å². The minimum absolute atomic E-state index is 0.0538. The average molecular weight is 251 g/mol. The second kappa shape index (κ2) is 4.14. The van der Waals surface area contributed by atoms with Crippen LogP contribution in [0.1, 0.15) is 27.2 Å². The zero-order valence-electron chi connectivity index (χ0n) is 9.07. The van der Waals surface area contributed by atoms with Gasteiger partial charge in [0.2, 0.25) is 0 Å². The van der Waals surface area contributed by atoms with Gasteiger partial charge in [0, 0.05) is 23.4 Å². The maximum absolute atomic E-state index is 11.0. The van der Waals surface area contributed by atoms with Crippen LogP contribution >= 0.6 is 10.7 Å². The third-order valence-corrected chi connectivity index (χ3v) is 3.29. The van der Waals surface area contributed by atoms with Gasteiger partial charge in [-0.05, 0) is 11.8 Å². The summed E-state index contributed by atoms with van der Waals surface area (Å²) in [5, 5.41) is 3.94. The molecule has 0 aliphatic rings. The second-order valence-corrected chi connectivity index (χ2v) is 7.25. The van der Waals surface area contributed by atoms with Gasteiger partial charge in [-0.25, -0.2) is 8.42 Å². The quantitative estimate of drug-likeness (QED) is 0.773. The summed E-state index contributed by atoms with van der Waals surface area (Å²) in [5.74, 6) is 0. The lowest BCUT2D eigenvalue weighted by Gasteiger charge is -2.17. The Hall–Kier alpha value is -0.550. The fraction of sp³-hybridized carbons (Fsp3) is 0.667. The lowest BCUT2D eigenvalue weighted by Crippen LogP contribution is -2.10. The molecule has 0 aliphatic heterocycles. The first-order chi connectivity index (χ1) is 6.68. The van der Waals surface area contributed by atoms with E-state index in [1.54, 1.807) is 4.68 Å². The van der Waals surface area contributed by atoms with Crippen molar-refractivity contribution in [3.05, 3.63) is 12.4 Å². The Balaban J connectivity index is 2.70. The molecule has 6 heteroatoms. The van der Waals surface area contributed by atoms with Crippen LogP contribution in [0.3, 0.4) is 0 Å². The highest BCUT2D eigenvalue weighted by Crippen LogP contribution is 2.20. The average Bonchev–Trinajstić information content (AvgIpc) is 2.45. The summed E-state index contributed by atoms with van der Waals surface area (Å²) in [5.41, 5.74) is 0.200. The highest BCUT2D eigenvalue weighted by atomic mass is 35.7. The first kappa shape index (κ1) is 12.5. The van der Waals surface area contributed by atoms with Gasteiger partial charge in [-0.15, -0.1) is 0 Å². The molecule has 0 aromatic carbocycles. The minimum atomic E-state index is -3.65.